The molecule has 0 radical (unpaired) electrons. The predicted octanol–water partition coefficient (Wildman–Crippen LogP) is 5.57. The third-order valence-corrected chi connectivity index (χ3v) is 6.77. The standard InChI is InChI=1S/C19H20F3N3O3S2/c20-19(21,22)13-6-3-7-14(8-13)25(10-12-4-1-2-5-12)18(28)24-17-23-9-16(30-17)29-11-15(26)27/h3,6-9,12H,1-2,4-5,10-11H2,(H,26,27)(H,23,24,28). The van der Waals surface area contributed by atoms with Gasteiger partial charge in [-0.3, -0.25) is 15.0 Å². The maximum absolute atomic E-state index is 13.1. The summed E-state index contributed by atoms with van der Waals surface area (Å²) in [7, 11) is 0. The number of carbonyl (C=O) groups is 2. The fourth-order valence-corrected chi connectivity index (χ4v) is 4.86. The minimum absolute atomic E-state index is 0.131. The summed E-state index contributed by atoms with van der Waals surface area (Å²) >= 11 is 2.19. The average Bonchev–Trinajstić information content (AvgIpc) is 3.35. The van der Waals surface area contributed by atoms with E-state index in [1.165, 1.54) is 23.2 Å². The number of alkyl halides is 3. The molecule has 30 heavy (non-hydrogen) atoms. The van der Waals surface area contributed by atoms with Gasteiger partial charge in [0.15, 0.2) is 5.13 Å². The Morgan fingerprint density at radius 1 is 1.30 bits per heavy atom. The summed E-state index contributed by atoms with van der Waals surface area (Å²) < 4.78 is 40.1. The van der Waals surface area contributed by atoms with Gasteiger partial charge in [-0.15, -0.1) is 11.8 Å². The lowest BCUT2D eigenvalue weighted by atomic mass is 10.1. The van der Waals surface area contributed by atoms with Gasteiger partial charge < -0.3 is 5.11 Å². The molecule has 2 aromatic rings. The first kappa shape index (κ1) is 22.4. The number of carboxylic acid groups (broad SMARTS) is 1. The molecule has 3 rings (SSSR count). The summed E-state index contributed by atoms with van der Waals surface area (Å²) in [6, 6.07) is 4.16. The van der Waals surface area contributed by atoms with E-state index in [1.807, 2.05) is 0 Å². The summed E-state index contributed by atoms with van der Waals surface area (Å²) in [6.45, 7) is 0.319. The zero-order valence-electron chi connectivity index (χ0n) is 15.8. The molecule has 0 spiro atoms. The fourth-order valence-electron chi connectivity index (χ4n) is 3.28. The van der Waals surface area contributed by atoms with E-state index in [-0.39, 0.29) is 22.5 Å². The molecule has 2 amide bonds. The third-order valence-electron chi connectivity index (χ3n) is 4.68. The molecule has 0 unspecified atom stereocenters. The van der Waals surface area contributed by atoms with E-state index >= 15 is 0 Å². The van der Waals surface area contributed by atoms with E-state index in [1.54, 1.807) is 0 Å². The first-order valence-corrected chi connectivity index (χ1v) is 11.1. The zero-order chi connectivity index (χ0) is 21.7. The number of thiazole rings is 1. The van der Waals surface area contributed by atoms with E-state index in [0.29, 0.717) is 10.8 Å². The molecular formula is C19H20F3N3O3S2. The van der Waals surface area contributed by atoms with Gasteiger partial charge in [-0.05, 0) is 37.0 Å². The summed E-state index contributed by atoms with van der Waals surface area (Å²) in [5.74, 6) is -0.872. The van der Waals surface area contributed by atoms with E-state index < -0.39 is 23.7 Å². The van der Waals surface area contributed by atoms with Crippen molar-refractivity contribution in [3.05, 3.63) is 36.0 Å². The van der Waals surface area contributed by atoms with Gasteiger partial charge >= 0.3 is 18.2 Å². The Kier molecular flexibility index (Phi) is 7.24. The fraction of sp³-hybridized carbons (Fsp3) is 0.421. The molecule has 162 valence electrons. The van der Waals surface area contributed by atoms with Crippen LogP contribution in [0, 0.1) is 5.92 Å². The summed E-state index contributed by atoms with van der Waals surface area (Å²) in [6.07, 6.45) is 0.890. The van der Waals surface area contributed by atoms with Crippen LogP contribution in [-0.2, 0) is 11.0 Å². The summed E-state index contributed by atoms with van der Waals surface area (Å²) in [5.41, 5.74) is -0.642. The first-order valence-electron chi connectivity index (χ1n) is 9.28. The van der Waals surface area contributed by atoms with E-state index in [2.05, 4.69) is 10.3 Å². The van der Waals surface area contributed by atoms with Crippen LogP contribution in [0.1, 0.15) is 31.2 Å². The zero-order valence-corrected chi connectivity index (χ0v) is 17.4. The normalized spacial score (nSPS) is 14.6. The number of nitrogens with one attached hydrogen (secondary N) is 1. The van der Waals surface area contributed by atoms with Crippen LogP contribution in [0.3, 0.4) is 0 Å². The molecule has 11 heteroatoms. The number of amides is 2. The van der Waals surface area contributed by atoms with Crippen LogP contribution in [-0.4, -0.2) is 34.4 Å². The van der Waals surface area contributed by atoms with Crippen molar-refractivity contribution in [2.45, 2.75) is 36.1 Å². The molecule has 1 aromatic heterocycles. The van der Waals surface area contributed by atoms with Crippen molar-refractivity contribution in [3.8, 4) is 0 Å². The number of rotatable bonds is 7. The van der Waals surface area contributed by atoms with Crippen molar-refractivity contribution >= 4 is 45.9 Å². The van der Waals surface area contributed by atoms with Crippen molar-refractivity contribution in [2.24, 2.45) is 5.92 Å². The molecular weight excluding hydrogens is 439 g/mol. The first-order chi connectivity index (χ1) is 14.2. The third kappa shape index (κ3) is 6.11. The largest absolute Gasteiger partial charge is 0.481 e. The minimum Gasteiger partial charge on any atom is -0.481 e. The smallest absolute Gasteiger partial charge is 0.416 e. The van der Waals surface area contributed by atoms with Gasteiger partial charge in [0.1, 0.15) is 0 Å². The number of urea groups is 1. The maximum Gasteiger partial charge on any atom is 0.416 e. The number of halogens is 3. The van der Waals surface area contributed by atoms with E-state index in [0.717, 1.165) is 60.9 Å². The number of carboxylic acids is 1. The Morgan fingerprint density at radius 2 is 2.03 bits per heavy atom. The highest BCUT2D eigenvalue weighted by Gasteiger charge is 2.32. The molecule has 0 aliphatic heterocycles. The SMILES string of the molecule is O=C(O)CSc1cnc(NC(=O)N(CC2CCCC2)c2cccc(C(F)(F)F)c2)s1. The van der Waals surface area contributed by atoms with Gasteiger partial charge in [0, 0.05) is 12.2 Å². The Hall–Kier alpha value is -2.27. The molecule has 1 aliphatic rings. The number of aliphatic carboxylic acids is 1. The molecule has 1 aliphatic carbocycles. The number of carbonyl (C=O) groups excluding carboxylic acids is 1. The lowest BCUT2D eigenvalue weighted by molar-refractivity contribution is -0.137. The molecule has 2 N–H and O–H groups in total. The molecule has 1 saturated carbocycles. The van der Waals surface area contributed by atoms with Gasteiger partial charge in [-0.1, -0.05) is 30.2 Å². The average molecular weight is 460 g/mol. The Morgan fingerprint density at radius 3 is 2.70 bits per heavy atom. The maximum atomic E-state index is 13.1. The molecule has 1 aromatic carbocycles. The van der Waals surface area contributed by atoms with Crippen LogP contribution in [0.2, 0.25) is 0 Å². The van der Waals surface area contributed by atoms with Crippen molar-refractivity contribution in [1.29, 1.82) is 0 Å². The molecule has 1 heterocycles. The second-order valence-electron chi connectivity index (χ2n) is 6.91. The number of nitrogens with zero attached hydrogens (tertiary/aromatic N) is 2. The number of thioether (sulfide) groups is 1. The topological polar surface area (TPSA) is 82.5 Å². The Balaban J connectivity index is 1.78. The quantitative estimate of drug-likeness (QED) is 0.529. The number of hydrogen-bond acceptors (Lipinski definition) is 5. The lowest BCUT2D eigenvalue weighted by Gasteiger charge is -2.26. The van der Waals surface area contributed by atoms with Crippen LogP contribution in [0.25, 0.3) is 0 Å². The van der Waals surface area contributed by atoms with Gasteiger partial charge in [-0.25, -0.2) is 9.78 Å². The number of hydrogen-bond donors (Lipinski definition) is 2. The molecule has 0 bridgehead atoms. The van der Waals surface area contributed by atoms with E-state index in [4.69, 9.17) is 5.11 Å². The lowest BCUT2D eigenvalue weighted by Crippen LogP contribution is -2.38. The van der Waals surface area contributed by atoms with Crippen LogP contribution >= 0.6 is 23.1 Å². The van der Waals surface area contributed by atoms with Crippen LogP contribution in [0.15, 0.2) is 34.7 Å². The number of benzene rings is 1. The monoisotopic (exact) mass is 459 g/mol. The van der Waals surface area contributed by atoms with Gasteiger partial charge in [-0.2, -0.15) is 13.2 Å². The van der Waals surface area contributed by atoms with Crippen molar-refractivity contribution in [3.63, 3.8) is 0 Å². The van der Waals surface area contributed by atoms with Crippen molar-refractivity contribution in [1.82, 2.24) is 4.98 Å². The molecule has 0 atom stereocenters. The predicted molar refractivity (Wildman–Crippen MR) is 110 cm³/mol. The van der Waals surface area contributed by atoms with Gasteiger partial charge in [0.2, 0.25) is 0 Å². The highest BCUT2D eigenvalue weighted by atomic mass is 32.2. The molecule has 6 nitrogen and oxygen atoms in total. The number of aromatic nitrogens is 1. The van der Waals surface area contributed by atoms with Crippen LogP contribution < -0.4 is 10.2 Å². The second-order valence-corrected chi connectivity index (χ2v) is 9.21. The summed E-state index contributed by atoms with van der Waals surface area (Å²) in [5, 5.41) is 11.6. The molecule has 0 saturated heterocycles. The van der Waals surface area contributed by atoms with Crippen molar-refractivity contribution < 1.29 is 27.9 Å². The van der Waals surface area contributed by atoms with Crippen LogP contribution in [0.4, 0.5) is 28.8 Å². The summed E-state index contributed by atoms with van der Waals surface area (Å²) in [4.78, 5) is 29.0. The van der Waals surface area contributed by atoms with Gasteiger partial charge in [0.25, 0.3) is 0 Å². The minimum atomic E-state index is -4.50. The molecule has 1 fully saturated rings. The second kappa shape index (κ2) is 9.69. The number of anilines is 2. The highest BCUT2D eigenvalue weighted by Crippen LogP contribution is 2.34. The van der Waals surface area contributed by atoms with Gasteiger partial charge in [0.05, 0.1) is 21.7 Å². The van der Waals surface area contributed by atoms with E-state index in [9.17, 15) is 22.8 Å². The van der Waals surface area contributed by atoms with Crippen LogP contribution in [0.5, 0.6) is 0 Å². The Bertz CT molecular complexity index is 898. The Labute approximate surface area is 179 Å². The highest BCUT2D eigenvalue weighted by molar-refractivity contribution is 8.01. The van der Waals surface area contributed by atoms with Crippen molar-refractivity contribution in [2.75, 3.05) is 22.5 Å².